The van der Waals surface area contributed by atoms with Crippen LogP contribution in [0.2, 0.25) is 0 Å². The van der Waals surface area contributed by atoms with Crippen molar-refractivity contribution in [1.82, 2.24) is 0 Å². The Hall–Kier alpha value is -2.74. The molecule has 2 rings (SSSR count). The average Bonchev–Trinajstić information content (AvgIpc) is 2.60. The summed E-state index contributed by atoms with van der Waals surface area (Å²) < 4.78 is 37.2. The van der Waals surface area contributed by atoms with Gasteiger partial charge in [-0.25, -0.2) is 13.2 Å². The van der Waals surface area contributed by atoms with Crippen molar-refractivity contribution in [3.8, 4) is 11.5 Å². The number of aromatic carboxylic acids is 1. The van der Waals surface area contributed by atoms with Gasteiger partial charge in [0, 0.05) is 7.05 Å². The van der Waals surface area contributed by atoms with Gasteiger partial charge in [-0.2, -0.15) is 0 Å². The van der Waals surface area contributed by atoms with Crippen LogP contribution in [-0.4, -0.2) is 40.8 Å². The molecule has 0 bridgehead atoms. The van der Waals surface area contributed by atoms with Crippen LogP contribution < -0.4 is 13.8 Å². The van der Waals surface area contributed by atoms with Gasteiger partial charge in [-0.15, -0.1) is 0 Å². The fraction of sp³-hybridized carbons (Fsp3) is 0.188. The van der Waals surface area contributed by atoms with Crippen LogP contribution in [0.1, 0.15) is 10.4 Å². The van der Waals surface area contributed by atoms with Crippen LogP contribution in [0, 0.1) is 0 Å². The summed E-state index contributed by atoms with van der Waals surface area (Å²) in [6, 6.07) is 10.3. The van der Waals surface area contributed by atoms with Gasteiger partial charge < -0.3 is 14.6 Å². The molecule has 128 valence electrons. The molecule has 0 radical (unpaired) electrons. The lowest BCUT2D eigenvalue weighted by Crippen LogP contribution is -2.27. The molecule has 8 heteroatoms. The Morgan fingerprint density at radius 2 is 1.67 bits per heavy atom. The number of hydrogen-bond acceptors (Lipinski definition) is 5. The van der Waals surface area contributed by atoms with Gasteiger partial charge in [0.15, 0.2) is 0 Å². The van der Waals surface area contributed by atoms with Gasteiger partial charge in [0.05, 0.1) is 25.5 Å². The van der Waals surface area contributed by atoms with E-state index in [2.05, 4.69) is 0 Å². The summed E-state index contributed by atoms with van der Waals surface area (Å²) in [5, 5.41) is 9.11. The first kappa shape index (κ1) is 17.6. The monoisotopic (exact) mass is 351 g/mol. The number of sulfonamides is 1. The molecule has 2 aromatic rings. The van der Waals surface area contributed by atoms with Gasteiger partial charge in [0.1, 0.15) is 16.4 Å². The fourth-order valence-corrected chi connectivity index (χ4v) is 3.56. The molecule has 0 spiro atoms. The quantitative estimate of drug-likeness (QED) is 0.858. The van der Waals surface area contributed by atoms with Crippen LogP contribution in [0.15, 0.2) is 47.4 Å². The Labute approximate surface area is 140 Å². The molecular weight excluding hydrogens is 334 g/mol. The number of carboxylic acid groups (broad SMARTS) is 1. The first-order valence-electron chi connectivity index (χ1n) is 6.86. The largest absolute Gasteiger partial charge is 0.495 e. The number of nitrogens with zero attached hydrogens (tertiary/aromatic N) is 1. The SMILES string of the molecule is COc1ccccc1N(C)S(=O)(=O)c1cc(C(=O)O)ccc1OC. The number of carbonyl (C=O) groups is 1. The smallest absolute Gasteiger partial charge is 0.335 e. The standard InChI is InChI=1S/C16H17NO6S/c1-17(12-6-4-5-7-13(12)22-2)24(20,21)15-10-11(16(18)19)8-9-14(15)23-3/h4-10H,1-3H3,(H,18,19). The lowest BCUT2D eigenvalue weighted by atomic mass is 10.2. The second kappa shape index (κ2) is 6.79. The highest BCUT2D eigenvalue weighted by atomic mass is 32.2. The molecule has 0 aliphatic carbocycles. The predicted octanol–water partition coefficient (Wildman–Crippen LogP) is 2.23. The third-order valence-electron chi connectivity index (χ3n) is 3.47. The second-order valence-electron chi connectivity index (χ2n) is 4.82. The number of ether oxygens (including phenoxy) is 2. The van der Waals surface area contributed by atoms with Crippen LogP contribution in [0.4, 0.5) is 5.69 Å². The minimum atomic E-state index is -4.06. The van der Waals surface area contributed by atoms with Crippen molar-refractivity contribution < 1.29 is 27.8 Å². The summed E-state index contributed by atoms with van der Waals surface area (Å²) in [5.41, 5.74) is 0.172. The Kier molecular flexibility index (Phi) is 4.99. The molecular formula is C16H17NO6S. The molecule has 1 N–H and O–H groups in total. The van der Waals surface area contributed by atoms with E-state index in [1.807, 2.05) is 0 Å². The van der Waals surface area contributed by atoms with Crippen molar-refractivity contribution in [2.24, 2.45) is 0 Å². The summed E-state index contributed by atoms with van der Waals surface area (Å²) >= 11 is 0. The lowest BCUT2D eigenvalue weighted by molar-refractivity contribution is 0.0696. The Morgan fingerprint density at radius 1 is 1.04 bits per heavy atom. The minimum absolute atomic E-state index is 0.0572. The number of benzene rings is 2. The van der Waals surface area contributed by atoms with Crippen LogP contribution in [0.25, 0.3) is 0 Å². The van der Waals surface area contributed by atoms with Gasteiger partial charge in [-0.05, 0) is 30.3 Å². The maximum Gasteiger partial charge on any atom is 0.335 e. The summed E-state index contributed by atoms with van der Waals surface area (Å²) in [6.45, 7) is 0. The Morgan fingerprint density at radius 3 is 2.25 bits per heavy atom. The first-order valence-corrected chi connectivity index (χ1v) is 8.30. The zero-order chi connectivity index (χ0) is 17.9. The summed E-state index contributed by atoms with van der Waals surface area (Å²) in [6.07, 6.45) is 0. The van der Waals surface area contributed by atoms with Crippen LogP contribution >= 0.6 is 0 Å². The molecule has 0 aliphatic rings. The van der Waals surface area contributed by atoms with Crippen molar-refractivity contribution in [3.05, 3.63) is 48.0 Å². The van der Waals surface area contributed by atoms with Gasteiger partial charge in [0.2, 0.25) is 0 Å². The molecule has 7 nitrogen and oxygen atoms in total. The van der Waals surface area contributed by atoms with Crippen molar-refractivity contribution in [2.45, 2.75) is 4.90 Å². The first-order chi connectivity index (χ1) is 11.3. The molecule has 0 amide bonds. The molecule has 0 atom stereocenters. The zero-order valence-corrected chi connectivity index (χ0v) is 14.2. The van der Waals surface area contributed by atoms with Crippen molar-refractivity contribution in [3.63, 3.8) is 0 Å². The van der Waals surface area contributed by atoms with Crippen LogP contribution in [-0.2, 0) is 10.0 Å². The third-order valence-corrected chi connectivity index (χ3v) is 5.27. The van der Waals surface area contributed by atoms with Crippen molar-refractivity contribution in [2.75, 3.05) is 25.6 Å². The summed E-state index contributed by atoms with van der Waals surface area (Å²) in [7, 11) is 0.0556. The normalized spacial score (nSPS) is 11.0. The average molecular weight is 351 g/mol. The zero-order valence-electron chi connectivity index (χ0n) is 13.4. The van der Waals surface area contributed by atoms with E-state index < -0.39 is 16.0 Å². The van der Waals surface area contributed by atoms with E-state index in [1.54, 1.807) is 24.3 Å². The molecule has 0 heterocycles. The highest BCUT2D eigenvalue weighted by molar-refractivity contribution is 7.93. The van der Waals surface area contributed by atoms with Crippen molar-refractivity contribution in [1.29, 1.82) is 0 Å². The highest BCUT2D eigenvalue weighted by Gasteiger charge is 2.28. The predicted molar refractivity (Wildman–Crippen MR) is 88.5 cm³/mol. The lowest BCUT2D eigenvalue weighted by Gasteiger charge is -2.22. The van der Waals surface area contributed by atoms with E-state index in [0.29, 0.717) is 11.4 Å². The van der Waals surface area contributed by atoms with Crippen molar-refractivity contribution >= 4 is 21.7 Å². The van der Waals surface area contributed by atoms with E-state index in [4.69, 9.17) is 14.6 Å². The number of rotatable bonds is 6. The molecule has 0 saturated carbocycles. The third kappa shape index (κ3) is 3.13. The maximum absolute atomic E-state index is 13.0. The Balaban J connectivity index is 2.61. The fourth-order valence-electron chi connectivity index (χ4n) is 2.18. The highest BCUT2D eigenvalue weighted by Crippen LogP contribution is 2.34. The molecule has 0 saturated heterocycles. The number of carboxylic acids is 1. The van der Waals surface area contributed by atoms with E-state index in [0.717, 1.165) is 10.4 Å². The van der Waals surface area contributed by atoms with E-state index >= 15 is 0 Å². The van der Waals surface area contributed by atoms with E-state index in [9.17, 15) is 13.2 Å². The van der Waals surface area contributed by atoms with Crippen LogP contribution in [0.5, 0.6) is 11.5 Å². The summed E-state index contributed by atoms with van der Waals surface area (Å²) in [4.78, 5) is 10.9. The molecule has 0 unspecified atom stereocenters. The Bertz CT molecular complexity index is 863. The van der Waals surface area contributed by atoms with Gasteiger partial charge >= 0.3 is 5.97 Å². The van der Waals surface area contributed by atoms with Gasteiger partial charge in [-0.1, -0.05) is 12.1 Å². The topological polar surface area (TPSA) is 93.1 Å². The van der Waals surface area contributed by atoms with Crippen LogP contribution in [0.3, 0.4) is 0 Å². The number of methoxy groups -OCH3 is 2. The van der Waals surface area contributed by atoms with E-state index in [-0.39, 0.29) is 16.2 Å². The van der Waals surface area contributed by atoms with Gasteiger partial charge in [-0.3, -0.25) is 4.31 Å². The summed E-state index contributed by atoms with van der Waals surface area (Å²) in [5.74, 6) is -0.798. The molecule has 2 aromatic carbocycles. The maximum atomic E-state index is 13.0. The second-order valence-corrected chi connectivity index (χ2v) is 6.75. The molecule has 0 aromatic heterocycles. The van der Waals surface area contributed by atoms with Gasteiger partial charge in [0.25, 0.3) is 10.0 Å². The number of para-hydroxylation sites is 2. The van der Waals surface area contributed by atoms with E-state index in [1.165, 1.54) is 33.4 Å². The number of hydrogen-bond donors (Lipinski definition) is 1. The minimum Gasteiger partial charge on any atom is -0.495 e. The molecule has 0 fully saturated rings. The number of anilines is 1. The molecule has 0 aliphatic heterocycles. The molecule has 24 heavy (non-hydrogen) atoms.